The Labute approximate surface area is 147 Å². The van der Waals surface area contributed by atoms with E-state index in [-0.39, 0.29) is 12.4 Å². The Bertz CT molecular complexity index is 603. The molecule has 0 bridgehead atoms. The first-order chi connectivity index (χ1) is 10.5. The van der Waals surface area contributed by atoms with Crippen molar-refractivity contribution in [2.75, 3.05) is 26.7 Å². The molecule has 1 unspecified atom stereocenters. The maximum absolute atomic E-state index is 12.9. The van der Waals surface area contributed by atoms with Crippen molar-refractivity contribution in [1.82, 2.24) is 9.62 Å². The fourth-order valence-corrected chi connectivity index (χ4v) is 4.89. The Kier molecular flexibility index (Phi) is 8.01. The van der Waals surface area contributed by atoms with Crippen LogP contribution in [0, 0.1) is 5.92 Å². The van der Waals surface area contributed by atoms with Crippen LogP contribution in [0.3, 0.4) is 0 Å². The lowest BCUT2D eigenvalue weighted by Crippen LogP contribution is -2.42. The fourth-order valence-electron chi connectivity index (χ4n) is 3.29. The normalized spacial score (nSPS) is 19.3. The molecule has 0 amide bonds. The molecule has 4 nitrogen and oxygen atoms in total. The van der Waals surface area contributed by atoms with Gasteiger partial charge in [-0.15, -0.1) is 12.4 Å². The van der Waals surface area contributed by atoms with Crippen LogP contribution in [0.15, 0.2) is 23.1 Å². The molecule has 1 aromatic carbocycles. The lowest BCUT2D eigenvalue weighted by Gasteiger charge is -2.32. The summed E-state index contributed by atoms with van der Waals surface area (Å²) < 4.78 is 27.5. The van der Waals surface area contributed by atoms with Gasteiger partial charge in [0.15, 0.2) is 0 Å². The van der Waals surface area contributed by atoms with Crippen molar-refractivity contribution in [3.8, 4) is 0 Å². The topological polar surface area (TPSA) is 49.4 Å². The lowest BCUT2D eigenvalue weighted by molar-refractivity contribution is 0.263. The Morgan fingerprint density at radius 1 is 1.22 bits per heavy atom. The number of sulfonamides is 1. The summed E-state index contributed by atoms with van der Waals surface area (Å²) in [5.74, 6) is 0.411. The van der Waals surface area contributed by atoms with Crippen molar-refractivity contribution < 1.29 is 8.42 Å². The van der Waals surface area contributed by atoms with E-state index in [0.717, 1.165) is 37.8 Å². The zero-order valence-corrected chi connectivity index (χ0v) is 16.0. The van der Waals surface area contributed by atoms with Gasteiger partial charge in [-0.2, -0.15) is 4.31 Å². The highest BCUT2D eigenvalue weighted by atomic mass is 35.5. The SMILES string of the molecule is CCc1ccc(S(=O)(=O)N2CCCC(CNC)C2)cc1CC.Cl. The second-order valence-electron chi connectivity index (χ2n) is 6.07. The standard InChI is InChI=1S/C17H28N2O2S.ClH/c1-4-15-8-9-17(11-16(15)5-2)22(20,21)19-10-6-7-14(13-19)12-18-3;/h8-9,11,14,18H,4-7,10,12-13H2,1-3H3;1H. The predicted octanol–water partition coefficient (Wildman–Crippen LogP) is 2.85. The van der Waals surface area contributed by atoms with E-state index in [1.165, 1.54) is 5.56 Å². The van der Waals surface area contributed by atoms with Gasteiger partial charge >= 0.3 is 0 Å². The van der Waals surface area contributed by atoms with Crippen molar-refractivity contribution in [3.63, 3.8) is 0 Å². The van der Waals surface area contributed by atoms with E-state index >= 15 is 0 Å². The molecule has 1 heterocycles. The quantitative estimate of drug-likeness (QED) is 0.848. The third-order valence-corrected chi connectivity index (χ3v) is 6.41. The number of hydrogen-bond acceptors (Lipinski definition) is 3. The highest BCUT2D eigenvalue weighted by Crippen LogP contribution is 2.25. The molecule has 1 atom stereocenters. The molecule has 1 fully saturated rings. The van der Waals surface area contributed by atoms with E-state index in [1.54, 1.807) is 10.4 Å². The summed E-state index contributed by atoms with van der Waals surface area (Å²) in [6.07, 6.45) is 3.85. The molecule has 1 aliphatic heterocycles. The van der Waals surface area contributed by atoms with Gasteiger partial charge in [0.05, 0.1) is 4.90 Å². The van der Waals surface area contributed by atoms with Crippen LogP contribution >= 0.6 is 12.4 Å². The number of nitrogens with one attached hydrogen (secondary N) is 1. The monoisotopic (exact) mass is 360 g/mol. The average molecular weight is 361 g/mol. The van der Waals surface area contributed by atoms with Crippen LogP contribution in [0.4, 0.5) is 0 Å². The molecule has 6 heteroatoms. The summed E-state index contributed by atoms with van der Waals surface area (Å²) in [5.41, 5.74) is 2.39. The van der Waals surface area contributed by atoms with Gasteiger partial charge in [-0.1, -0.05) is 19.9 Å². The zero-order valence-electron chi connectivity index (χ0n) is 14.3. The molecule has 1 saturated heterocycles. The van der Waals surface area contributed by atoms with Gasteiger partial charge in [0.25, 0.3) is 0 Å². The summed E-state index contributed by atoms with van der Waals surface area (Å²) in [6.45, 7) is 6.32. The van der Waals surface area contributed by atoms with Gasteiger partial charge in [0.2, 0.25) is 10.0 Å². The molecule has 0 aliphatic carbocycles. The van der Waals surface area contributed by atoms with Gasteiger partial charge in [0, 0.05) is 13.1 Å². The first kappa shape index (κ1) is 20.4. The second kappa shape index (κ2) is 9.02. The Morgan fingerprint density at radius 3 is 2.52 bits per heavy atom. The van der Waals surface area contributed by atoms with Crippen molar-refractivity contribution in [2.45, 2.75) is 44.4 Å². The molecule has 132 valence electrons. The second-order valence-corrected chi connectivity index (χ2v) is 8.00. The van der Waals surface area contributed by atoms with Gasteiger partial charge in [0.1, 0.15) is 0 Å². The first-order valence-corrected chi connectivity index (χ1v) is 9.73. The minimum Gasteiger partial charge on any atom is -0.319 e. The van der Waals surface area contributed by atoms with Gasteiger partial charge in [-0.05, 0) is 68.5 Å². The molecule has 1 aliphatic rings. The van der Waals surface area contributed by atoms with Crippen molar-refractivity contribution in [2.24, 2.45) is 5.92 Å². The minimum atomic E-state index is -3.37. The van der Waals surface area contributed by atoms with Crippen LogP contribution in [0.1, 0.15) is 37.8 Å². The Balaban J connectivity index is 0.00000264. The minimum absolute atomic E-state index is 0. The van der Waals surface area contributed by atoms with Crippen LogP contribution in [0.2, 0.25) is 0 Å². The first-order valence-electron chi connectivity index (χ1n) is 8.29. The molecular formula is C17H29ClN2O2S. The van der Waals surface area contributed by atoms with Gasteiger partial charge in [-0.3, -0.25) is 0 Å². The van der Waals surface area contributed by atoms with E-state index < -0.39 is 10.0 Å². The predicted molar refractivity (Wildman–Crippen MR) is 97.9 cm³/mol. The van der Waals surface area contributed by atoms with E-state index in [1.807, 2.05) is 19.2 Å². The van der Waals surface area contributed by atoms with E-state index in [4.69, 9.17) is 0 Å². The molecule has 2 rings (SSSR count). The van der Waals surface area contributed by atoms with E-state index in [9.17, 15) is 8.42 Å². The van der Waals surface area contributed by atoms with Crippen molar-refractivity contribution >= 4 is 22.4 Å². The maximum Gasteiger partial charge on any atom is 0.243 e. The summed E-state index contributed by atoms with van der Waals surface area (Å²) in [6, 6.07) is 5.62. The van der Waals surface area contributed by atoms with Crippen LogP contribution in [0.25, 0.3) is 0 Å². The maximum atomic E-state index is 12.9. The summed E-state index contributed by atoms with van der Waals surface area (Å²) >= 11 is 0. The molecule has 1 N–H and O–H groups in total. The van der Waals surface area contributed by atoms with Crippen LogP contribution in [0.5, 0.6) is 0 Å². The smallest absolute Gasteiger partial charge is 0.243 e. The average Bonchev–Trinajstić information content (AvgIpc) is 2.54. The Morgan fingerprint density at radius 2 is 1.91 bits per heavy atom. The fraction of sp³-hybridized carbons (Fsp3) is 0.647. The number of piperidine rings is 1. The summed E-state index contributed by atoms with van der Waals surface area (Å²) in [4.78, 5) is 0.451. The molecular weight excluding hydrogens is 332 g/mol. The van der Waals surface area contributed by atoms with Gasteiger partial charge < -0.3 is 5.32 Å². The molecule has 0 spiro atoms. The number of aryl methyl sites for hydroxylation is 2. The Hall–Kier alpha value is -0.620. The number of benzene rings is 1. The largest absolute Gasteiger partial charge is 0.319 e. The number of halogens is 1. The number of rotatable bonds is 6. The van der Waals surface area contributed by atoms with E-state index in [0.29, 0.717) is 23.9 Å². The summed E-state index contributed by atoms with van der Waals surface area (Å²) in [7, 11) is -1.44. The van der Waals surface area contributed by atoms with Crippen LogP contribution < -0.4 is 5.32 Å². The van der Waals surface area contributed by atoms with E-state index in [2.05, 4.69) is 19.2 Å². The molecule has 0 radical (unpaired) electrons. The zero-order chi connectivity index (χ0) is 16.2. The third-order valence-electron chi connectivity index (χ3n) is 4.55. The summed E-state index contributed by atoms with van der Waals surface area (Å²) in [5, 5.41) is 3.16. The lowest BCUT2D eigenvalue weighted by atomic mass is 10.00. The van der Waals surface area contributed by atoms with Gasteiger partial charge in [-0.25, -0.2) is 8.42 Å². The molecule has 23 heavy (non-hydrogen) atoms. The van der Waals surface area contributed by atoms with Crippen LogP contribution in [-0.2, 0) is 22.9 Å². The molecule has 1 aromatic rings. The highest BCUT2D eigenvalue weighted by Gasteiger charge is 2.30. The van der Waals surface area contributed by atoms with Crippen molar-refractivity contribution in [1.29, 1.82) is 0 Å². The molecule has 0 saturated carbocycles. The van der Waals surface area contributed by atoms with Crippen LogP contribution in [-0.4, -0.2) is 39.4 Å². The van der Waals surface area contributed by atoms with Crippen molar-refractivity contribution in [3.05, 3.63) is 29.3 Å². The highest BCUT2D eigenvalue weighted by molar-refractivity contribution is 7.89. The number of hydrogen-bond donors (Lipinski definition) is 1. The number of nitrogens with zero attached hydrogens (tertiary/aromatic N) is 1. The third kappa shape index (κ3) is 4.69. The molecule has 0 aromatic heterocycles.